The molecule has 0 aliphatic rings. The second-order valence-electron chi connectivity index (χ2n) is 4.14. The van der Waals surface area contributed by atoms with Crippen LogP contribution in [0.1, 0.15) is 19.5 Å². The van der Waals surface area contributed by atoms with E-state index in [0.717, 1.165) is 5.69 Å². The molecule has 0 radical (unpaired) electrons. The first kappa shape index (κ1) is 11.8. The third-order valence-electron chi connectivity index (χ3n) is 2.44. The maximum atomic E-state index is 13.6. The van der Waals surface area contributed by atoms with Gasteiger partial charge in [-0.05, 0) is 12.1 Å². The van der Waals surface area contributed by atoms with Crippen molar-refractivity contribution in [3.05, 3.63) is 42.2 Å². The Morgan fingerprint density at radius 2 is 2.12 bits per heavy atom. The van der Waals surface area contributed by atoms with Crippen LogP contribution in [-0.2, 0) is 6.54 Å². The molecule has 0 unspecified atom stereocenters. The van der Waals surface area contributed by atoms with E-state index in [2.05, 4.69) is 10.3 Å². The van der Waals surface area contributed by atoms with Crippen LogP contribution in [0.25, 0.3) is 11.3 Å². The number of oxazole rings is 1. The number of hydrogen-bond acceptors (Lipinski definition) is 3. The summed E-state index contributed by atoms with van der Waals surface area (Å²) < 4.78 is 18.9. The van der Waals surface area contributed by atoms with Gasteiger partial charge in [0.2, 0.25) is 0 Å². The van der Waals surface area contributed by atoms with Gasteiger partial charge in [0.1, 0.15) is 11.5 Å². The first-order valence-corrected chi connectivity index (χ1v) is 5.59. The molecular weight excluding hydrogens is 219 g/mol. The predicted octanol–water partition coefficient (Wildman–Crippen LogP) is 2.98. The van der Waals surface area contributed by atoms with Crippen LogP contribution in [0.3, 0.4) is 0 Å². The molecule has 1 heterocycles. The van der Waals surface area contributed by atoms with E-state index in [1.807, 2.05) is 13.8 Å². The second-order valence-corrected chi connectivity index (χ2v) is 4.14. The van der Waals surface area contributed by atoms with Crippen LogP contribution < -0.4 is 5.32 Å². The third kappa shape index (κ3) is 2.71. The molecule has 1 N–H and O–H groups in total. The fourth-order valence-corrected chi connectivity index (χ4v) is 1.56. The Bertz CT molecular complexity index is 494. The van der Waals surface area contributed by atoms with Gasteiger partial charge >= 0.3 is 0 Å². The molecule has 17 heavy (non-hydrogen) atoms. The summed E-state index contributed by atoms with van der Waals surface area (Å²) in [5.74, 6) is 0.200. The Morgan fingerprint density at radius 1 is 1.35 bits per heavy atom. The van der Waals surface area contributed by atoms with Crippen LogP contribution in [0.15, 0.2) is 35.1 Å². The normalized spacial score (nSPS) is 11.1. The van der Waals surface area contributed by atoms with Gasteiger partial charge < -0.3 is 9.73 Å². The van der Waals surface area contributed by atoms with E-state index in [9.17, 15) is 4.39 Å². The SMILES string of the molecule is CC(C)NCc1ncoc1-c1ccccc1F. The molecule has 1 aromatic heterocycles. The van der Waals surface area contributed by atoms with Crippen LogP contribution in [-0.4, -0.2) is 11.0 Å². The lowest BCUT2D eigenvalue weighted by Gasteiger charge is -2.07. The lowest BCUT2D eigenvalue weighted by atomic mass is 10.1. The minimum atomic E-state index is -0.296. The zero-order valence-electron chi connectivity index (χ0n) is 9.90. The van der Waals surface area contributed by atoms with Crippen LogP contribution in [0.5, 0.6) is 0 Å². The van der Waals surface area contributed by atoms with Crippen LogP contribution in [0.4, 0.5) is 4.39 Å². The van der Waals surface area contributed by atoms with Gasteiger partial charge in [0.15, 0.2) is 12.2 Å². The third-order valence-corrected chi connectivity index (χ3v) is 2.44. The Labute approximate surface area is 99.7 Å². The van der Waals surface area contributed by atoms with Crippen molar-refractivity contribution in [2.75, 3.05) is 0 Å². The van der Waals surface area contributed by atoms with E-state index in [4.69, 9.17) is 4.42 Å². The number of nitrogens with one attached hydrogen (secondary N) is 1. The molecule has 0 spiro atoms. The molecule has 90 valence electrons. The molecule has 0 bridgehead atoms. The van der Waals surface area contributed by atoms with E-state index in [0.29, 0.717) is 23.9 Å². The molecule has 1 aromatic carbocycles. The van der Waals surface area contributed by atoms with Gasteiger partial charge in [0.05, 0.1) is 5.56 Å². The molecule has 0 saturated carbocycles. The van der Waals surface area contributed by atoms with Gasteiger partial charge in [-0.15, -0.1) is 0 Å². The second kappa shape index (κ2) is 5.10. The quantitative estimate of drug-likeness (QED) is 0.883. The van der Waals surface area contributed by atoms with Crippen molar-refractivity contribution in [1.82, 2.24) is 10.3 Å². The van der Waals surface area contributed by atoms with Crippen molar-refractivity contribution in [3.63, 3.8) is 0 Å². The highest BCUT2D eigenvalue weighted by atomic mass is 19.1. The molecule has 0 fully saturated rings. The molecule has 0 amide bonds. The summed E-state index contributed by atoms with van der Waals surface area (Å²) in [6, 6.07) is 6.88. The largest absolute Gasteiger partial charge is 0.443 e. The van der Waals surface area contributed by atoms with E-state index < -0.39 is 0 Å². The lowest BCUT2D eigenvalue weighted by Crippen LogP contribution is -2.22. The maximum absolute atomic E-state index is 13.6. The molecular formula is C13H15FN2O. The van der Waals surface area contributed by atoms with E-state index in [1.54, 1.807) is 18.2 Å². The Kier molecular flexibility index (Phi) is 3.54. The van der Waals surface area contributed by atoms with Crippen molar-refractivity contribution in [2.45, 2.75) is 26.4 Å². The number of halogens is 1. The topological polar surface area (TPSA) is 38.1 Å². The Balaban J connectivity index is 2.28. The monoisotopic (exact) mass is 234 g/mol. The van der Waals surface area contributed by atoms with Gasteiger partial charge in [-0.3, -0.25) is 0 Å². The smallest absolute Gasteiger partial charge is 0.181 e. The maximum Gasteiger partial charge on any atom is 0.181 e. The minimum absolute atomic E-state index is 0.296. The number of aromatic nitrogens is 1. The molecule has 0 saturated heterocycles. The number of nitrogens with zero attached hydrogens (tertiary/aromatic N) is 1. The molecule has 0 aliphatic heterocycles. The molecule has 0 aliphatic carbocycles. The van der Waals surface area contributed by atoms with E-state index in [-0.39, 0.29) is 5.82 Å². The fraction of sp³-hybridized carbons (Fsp3) is 0.308. The Hall–Kier alpha value is -1.68. The van der Waals surface area contributed by atoms with Crippen molar-refractivity contribution in [2.24, 2.45) is 0 Å². The summed E-state index contributed by atoms with van der Waals surface area (Å²) in [5, 5.41) is 3.23. The number of benzene rings is 1. The average Bonchev–Trinajstić information content (AvgIpc) is 2.75. The number of hydrogen-bond donors (Lipinski definition) is 1. The molecule has 2 aromatic rings. The standard InChI is InChI=1S/C13H15FN2O/c1-9(2)15-7-12-13(17-8-16-12)10-5-3-4-6-11(10)14/h3-6,8-9,15H,7H2,1-2H3. The fourth-order valence-electron chi connectivity index (χ4n) is 1.56. The highest BCUT2D eigenvalue weighted by molar-refractivity contribution is 5.60. The zero-order valence-corrected chi connectivity index (χ0v) is 9.90. The van der Waals surface area contributed by atoms with Crippen LogP contribution in [0, 0.1) is 5.82 Å². The van der Waals surface area contributed by atoms with Crippen molar-refractivity contribution in [3.8, 4) is 11.3 Å². The number of rotatable bonds is 4. The predicted molar refractivity (Wildman–Crippen MR) is 63.9 cm³/mol. The average molecular weight is 234 g/mol. The summed E-state index contributed by atoms with van der Waals surface area (Å²) in [6.07, 6.45) is 1.35. The molecule has 3 nitrogen and oxygen atoms in total. The van der Waals surface area contributed by atoms with Gasteiger partial charge in [-0.1, -0.05) is 26.0 Å². The highest BCUT2D eigenvalue weighted by Gasteiger charge is 2.14. The van der Waals surface area contributed by atoms with Crippen LogP contribution in [0.2, 0.25) is 0 Å². The molecule has 0 atom stereocenters. The summed E-state index contributed by atoms with van der Waals surface area (Å²) in [6.45, 7) is 4.66. The van der Waals surface area contributed by atoms with E-state index >= 15 is 0 Å². The van der Waals surface area contributed by atoms with E-state index in [1.165, 1.54) is 12.5 Å². The van der Waals surface area contributed by atoms with Crippen molar-refractivity contribution in [1.29, 1.82) is 0 Å². The van der Waals surface area contributed by atoms with Gasteiger partial charge in [0, 0.05) is 12.6 Å². The highest BCUT2D eigenvalue weighted by Crippen LogP contribution is 2.25. The van der Waals surface area contributed by atoms with Gasteiger partial charge in [-0.2, -0.15) is 0 Å². The van der Waals surface area contributed by atoms with Crippen molar-refractivity contribution < 1.29 is 8.81 Å². The lowest BCUT2D eigenvalue weighted by molar-refractivity contribution is 0.554. The molecule has 4 heteroatoms. The van der Waals surface area contributed by atoms with Crippen molar-refractivity contribution >= 4 is 0 Å². The summed E-state index contributed by atoms with van der Waals surface area (Å²) >= 11 is 0. The summed E-state index contributed by atoms with van der Waals surface area (Å²) in [5.41, 5.74) is 1.18. The molecule has 2 rings (SSSR count). The first-order valence-electron chi connectivity index (χ1n) is 5.59. The first-order chi connectivity index (χ1) is 8.18. The van der Waals surface area contributed by atoms with Gasteiger partial charge in [-0.25, -0.2) is 9.37 Å². The minimum Gasteiger partial charge on any atom is -0.443 e. The summed E-state index contributed by atoms with van der Waals surface area (Å²) in [4.78, 5) is 4.11. The Morgan fingerprint density at radius 3 is 2.82 bits per heavy atom. The summed E-state index contributed by atoms with van der Waals surface area (Å²) in [7, 11) is 0. The van der Waals surface area contributed by atoms with Crippen LogP contribution >= 0.6 is 0 Å². The van der Waals surface area contributed by atoms with Gasteiger partial charge in [0.25, 0.3) is 0 Å². The zero-order chi connectivity index (χ0) is 12.3.